The molecule has 0 radical (unpaired) electrons. The second-order valence-electron chi connectivity index (χ2n) is 5.73. The lowest BCUT2D eigenvalue weighted by atomic mass is 10.1. The van der Waals surface area contributed by atoms with E-state index in [1.165, 1.54) is 4.31 Å². The number of rotatable bonds is 7. The SMILES string of the molecule is COc1ccc(CC(=O)NCCS(=O)(=O)N2CCOCC2C)cc1. The number of benzene rings is 1. The van der Waals surface area contributed by atoms with Crippen LogP contribution in [-0.2, 0) is 26.0 Å². The minimum absolute atomic E-state index is 0.0986. The van der Waals surface area contributed by atoms with Gasteiger partial charge in [0.05, 0.1) is 32.5 Å². The number of hydrogen-bond donors (Lipinski definition) is 1. The van der Waals surface area contributed by atoms with Gasteiger partial charge >= 0.3 is 0 Å². The summed E-state index contributed by atoms with van der Waals surface area (Å²) in [6.07, 6.45) is 0.206. The van der Waals surface area contributed by atoms with Crippen LogP contribution >= 0.6 is 0 Å². The van der Waals surface area contributed by atoms with E-state index in [0.717, 1.165) is 11.3 Å². The number of methoxy groups -OCH3 is 1. The highest BCUT2D eigenvalue weighted by molar-refractivity contribution is 7.89. The van der Waals surface area contributed by atoms with E-state index in [2.05, 4.69) is 5.32 Å². The number of hydrogen-bond acceptors (Lipinski definition) is 5. The molecule has 0 bridgehead atoms. The van der Waals surface area contributed by atoms with Crippen LogP contribution in [0.4, 0.5) is 0 Å². The van der Waals surface area contributed by atoms with Gasteiger partial charge in [-0.15, -0.1) is 0 Å². The van der Waals surface area contributed by atoms with Gasteiger partial charge in [-0.2, -0.15) is 4.31 Å². The van der Waals surface area contributed by atoms with Crippen molar-refractivity contribution in [3.05, 3.63) is 29.8 Å². The van der Waals surface area contributed by atoms with Gasteiger partial charge in [0, 0.05) is 19.1 Å². The molecular weight excluding hydrogens is 332 g/mol. The Labute approximate surface area is 143 Å². The van der Waals surface area contributed by atoms with E-state index >= 15 is 0 Å². The van der Waals surface area contributed by atoms with Gasteiger partial charge in [0.2, 0.25) is 15.9 Å². The molecule has 1 aliphatic rings. The van der Waals surface area contributed by atoms with Gasteiger partial charge in [0.1, 0.15) is 5.75 Å². The Morgan fingerprint density at radius 3 is 2.71 bits per heavy atom. The van der Waals surface area contributed by atoms with Crippen molar-refractivity contribution in [3.63, 3.8) is 0 Å². The lowest BCUT2D eigenvalue weighted by Crippen LogP contribution is -2.49. The molecule has 1 N–H and O–H groups in total. The molecule has 0 aromatic heterocycles. The Balaban J connectivity index is 1.78. The van der Waals surface area contributed by atoms with Crippen molar-refractivity contribution in [2.75, 3.05) is 39.2 Å². The summed E-state index contributed by atoms with van der Waals surface area (Å²) in [5, 5.41) is 2.66. The minimum Gasteiger partial charge on any atom is -0.497 e. The predicted molar refractivity (Wildman–Crippen MR) is 90.5 cm³/mol. The molecule has 0 saturated carbocycles. The number of ether oxygens (including phenoxy) is 2. The Morgan fingerprint density at radius 2 is 2.08 bits per heavy atom. The maximum atomic E-state index is 12.3. The number of carbonyl (C=O) groups excluding carboxylic acids is 1. The van der Waals surface area contributed by atoms with Gasteiger partial charge in [-0.25, -0.2) is 8.42 Å². The number of nitrogens with zero attached hydrogens (tertiary/aromatic N) is 1. The second kappa shape index (κ2) is 8.46. The third-order valence-corrected chi connectivity index (χ3v) is 5.85. The average molecular weight is 356 g/mol. The van der Waals surface area contributed by atoms with E-state index in [9.17, 15) is 13.2 Å². The highest BCUT2D eigenvalue weighted by atomic mass is 32.2. The summed E-state index contributed by atoms with van der Waals surface area (Å²) in [5.74, 6) is 0.418. The van der Waals surface area contributed by atoms with Crippen molar-refractivity contribution < 1.29 is 22.7 Å². The molecule has 1 amide bonds. The topological polar surface area (TPSA) is 84.9 Å². The molecule has 8 heteroatoms. The number of amides is 1. The molecule has 1 aromatic carbocycles. The molecule has 7 nitrogen and oxygen atoms in total. The average Bonchev–Trinajstić information content (AvgIpc) is 2.55. The van der Waals surface area contributed by atoms with Gasteiger partial charge in [-0.1, -0.05) is 12.1 Å². The third kappa shape index (κ3) is 5.19. The van der Waals surface area contributed by atoms with E-state index in [4.69, 9.17) is 9.47 Å². The standard InChI is InChI=1S/C16H24N2O5S/c1-13-12-23-9-8-18(13)24(20,21)10-7-17-16(19)11-14-3-5-15(22-2)6-4-14/h3-6,13H,7-12H2,1-2H3,(H,17,19). The maximum Gasteiger partial charge on any atom is 0.224 e. The molecule has 1 atom stereocenters. The van der Waals surface area contributed by atoms with Gasteiger partial charge in [-0.05, 0) is 24.6 Å². The molecule has 1 fully saturated rings. The molecular formula is C16H24N2O5S. The summed E-state index contributed by atoms with van der Waals surface area (Å²) >= 11 is 0. The van der Waals surface area contributed by atoms with Gasteiger partial charge in [0.15, 0.2) is 0 Å². The zero-order chi connectivity index (χ0) is 17.6. The van der Waals surface area contributed by atoms with Crippen molar-refractivity contribution in [2.24, 2.45) is 0 Å². The van der Waals surface area contributed by atoms with Crippen LogP contribution in [-0.4, -0.2) is 63.8 Å². The van der Waals surface area contributed by atoms with Crippen LogP contribution in [0.25, 0.3) is 0 Å². The largest absolute Gasteiger partial charge is 0.497 e. The minimum atomic E-state index is -3.39. The number of morpholine rings is 1. The van der Waals surface area contributed by atoms with Crippen LogP contribution < -0.4 is 10.1 Å². The van der Waals surface area contributed by atoms with Crippen LogP contribution in [0, 0.1) is 0 Å². The summed E-state index contributed by atoms with van der Waals surface area (Å²) in [7, 11) is -1.81. The Morgan fingerprint density at radius 1 is 1.38 bits per heavy atom. The fourth-order valence-electron chi connectivity index (χ4n) is 2.55. The first-order valence-corrected chi connectivity index (χ1v) is 9.50. The van der Waals surface area contributed by atoms with E-state index in [0.29, 0.717) is 19.8 Å². The highest BCUT2D eigenvalue weighted by Gasteiger charge is 2.29. The van der Waals surface area contributed by atoms with Crippen LogP contribution in [0.3, 0.4) is 0 Å². The Kier molecular flexibility index (Phi) is 6.59. The molecule has 0 aliphatic carbocycles. The lowest BCUT2D eigenvalue weighted by molar-refractivity contribution is -0.120. The summed E-state index contributed by atoms with van der Waals surface area (Å²) in [5.41, 5.74) is 0.845. The Hall–Kier alpha value is -1.64. The van der Waals surface area contributed by atoms with Gasteiger partial charge < -0.3 is 14.8 Å². The molecule has 1 heterocycles. The van der Waals surface area contributed by atoms with E-state index in [1.807, 2.05) is 19.1 Å². The second-order valence-corrected chi connectivity index (χ2v) is 7.77. The fourth-order valence-corrected chi connectivity index (χ4v) is 4.11. The summed E-state index contributed by atoms with van der Waals surface area (Å²) in [4.78, 5) is 11.9. The number of nitrogens with one attached hydrogen (secondary N) is 1. The van der Waals surface area contributed by atoms with Crippen LogP contribution in [0.15, 0.2) is 24.3 Å². The lowest BCUT2D eigenvalue weighted by Gasteiger charge is -2.32. The van der Waals surface area contributed by atoms with Gasteiger partial charge in [-0.3, -0.25) is 4.79 Å². The number of carbonyl (C=O) groups is 1. The molecule has 1 aliphatic heterocycles. The fraction of sp³-hybridized carbons (Fsp3) is 0.562. The van der Waals surface area contributed by atoms with E-state index in [1.54, 1.807) is 19.2 Å². The van der Waals surface area contributed by atoms with Crippen LogP contribution in [0.2, 0.25) is 0 Å². The highest BCUT2D eigenvalue weighted by Crippen LogP contribution is 2.13. The number of sulfonamides is 1. The van der Waals surface area contributed by atoms with Gasteiger partial charge in [0.25, 0.3) is 0 Å². The van der Waals surface area contributed by atoms with Crippen LogP contribution in [0.1, 0.15) is 12.5 Å². The normalized spacial score (nSPS) is 19.0. The summed E-state index contributed by atoms with van der Waals surface area (Å²) in [6.45, 7) is 3.10. The van der Waals surface area contributed by atoms with Crippen molar-refractivity contribution in [1.29, 1.82) is 0 Å². The Bertz CT molecular complexity index is 645. The third-order valence-electron chi connectivity index (χ3n) is 3.87. The summed E-state index contributed by atoms with van der Waals surface area (Å²) in [6, 6.07) is 7.02. The zero-order valence-corrected chi connectivity index (χ0v) is 14.8. The van der Waals surface area contributed by atoms with Crippen molar-refractivity contribution in [2.45, 2.75) is 19.4 Å². The van der Waals surface area contributed by atoms with Crippen LogP contribution in [0.5, 0.6) is 5.75 Å². The zero-order valence-electron chi connectivity index (χ0n) is 14.0. The molecule has 134 valence electrons. The summed E-state index contributed by atoms with van der Waals surface area (Å²) < 4.78 is 36.4. The van der Waals surface area contributed by atoms with Crippen molar-refractivity contribution >= 4 is 15.9 Å². The monoisotopic (exact) mass is 356 g/mol. The molecule has 1 aromatic rings. The van der Waals surface area contributed by atoms with E-state index < -0.39 is 10.0 Å². The molecule has 1 unspecified atom stereocenters. The predicted octanol–water partition coefficient (Wildman–Crippen LogP) is 0.404. The first kappa shape index (κ1) is 18.7. The van der Waals surface area contributed by atoms with E-state index in [-0.39, 0.29) is 30.7 Å². The molecule has 1 saturated heterocycles. The first-order chi connectivity index (χ1) is 11.4. The molecule has 0 spiro atoms. The quantitative estimate of drug-likeness (QED) is 0.765. The molecule has 24 heavy (non-hydrogen) atoms. The van der Waals surface area contributed by atoms with Crippen molar-refractivity contribution in [3.8, 4) is 5.75 Å². The maximum absolute atomic E-state index is 12.3. The first-order valence-electron chi connectivity index (χ1n) is 7.89. The smallest absolute Gasteiger partial charge is 0.224 e. The van der Waals surface area contributed by atoms with Crippen molar-refractivity contribution in [1.82, 2.24) is 9.62 Å². The molecule has 2 rings (SSSR count).